The maximum absolute atomic E-state index is 2.46. The Morgan fingerprint density at radius 1 is 0.957 bits per heavy atom. The molecule has 0 aliphatic carbocycles. The summed E-state index contributed by atoms with van der Waals surface area (Å²) in [7, 11) is 0. The lowest BCUT2D eigenvalue weighted by atomic mass is 9.84. The number of rotatable bonds is 6. The third kappa shape index (κ3) is 6.67. The number of quaternary nitrogens is 1. The monoisotopic (exact) mass is 316 g/mol. The van der Waals surface area contributed by atoms with Crippen LogP contribution in [0.3, 0.4) is 0 Å². The third-order valence-electron chi connectivity index (χ3n) is 5.43. The maximum atomic E-state index is 2.46. The Balaban J connectivity index is 2.01. The van der Waals surface area contributed by atoms with Crippen LogP contribution in [0.15, 0.2) is 30.3 Å². The molecule has 0 bridgehead atoms. The molecule has 1 atom stereocenters. The van der Waals surface area contributed by atoms with Gasteiger partial charge in [0.05, 0.1) is 19.6 Å². The van der Waals surface area contributed by atoms with Gasteiger partial charge in [-0.2, -0.15) is 0 Å². The zero-order chi connectivity index (χ0) is 16.8. The molecule has 0 radical (unpaired) electrons. The van der Waals surface area contributed by atoms with E-state index in [1.807, 2.05) is 0 Å². The molecule has 0 spiro atoms. The fraction of sp³-hybridized carbons (Fsp3) is 0.727. The summed E-state index contributed by atoms with van der Waals surface area (Å²) < 4.78 is 1.33. The molecule has 0 amide bonds. The number of nitrogens with zero attached hydrogens (tertiary/aromatic N) is 1. The second kappa shape index (κ2) is 8.33. The lowest BCUT2D eigenvalue weighted by Crippen LogP contribution is -2.49. The molecule has 1 nitrogen and oxygen atoms in total. The van der Waals surface area contributed by atoms with E-state index in [0.29, 0.717) is 5.41 Å². The van der Waals surface area contributed by atoms with Crippen molar-refractivity contribution in [1.29, 1.82) is 0 Å². The van der Waals surface area contributed by atoms with Gasteiger partial charge in [-0.05, 0) is 49.9 Å². The van der Waals surface area contributed by atoms with Crippen molar-refractivity contribution in [2.75, 3.05) is 19.6 Å². The summed E-state index contributed by atoms with van der Waals surface area (Å²) in [5.74, 6) is 0.837. The number of hydrogen-bond acceptors (Lipinski definition) is 0. The van der Waals surface area contributed by atoms with Crippen LogP contribution >= 0.6 is 0 Å². The predicted molar refractivity (Wildman–Crippen MR) is 101 cm³/mol. The second-order valence-corrected chi connectivity index (χ2v) is 9.23. The molecule has 2 rings (SSSR count). The van der Waals surface area contributed by atoms with Gasteiger partial charge < -0.3 is 4.48 Å². The van der Waals surface area contributed by atoms with E-state index >= 15 is 0 Å². The second-order valence-electron chi connectivity index (χ2n) is 9.23. The molecule has 1 aromatic rings. The predicted octanol–water partition coefficient (Wildman–Crippen LogP) is 6.04. The van der Waals surface area contributed by atoms with Gasteiger partial charge in [0, 0.05) is 5.56 Å². The van der Waals surface area contributed by atoms with Crippen LogP contribution in [-0.4, -0.2) is 24.1 Å². The summed E-state index contributed by atoms with van der Waals surface area (Å²) in [6.07, 6.45) is 8.43. The fourth-order valence-electron chi connectivity index (χ4n) is 4.43. The lowest BCUT2D eigenvalue weighted by Gasteiger charge is -2.39. The first-order valence-corrected chi connectivity index (χ1v) is 9.78. The molecule has 130 valence electrons. The summed E-state index contributed by atoms with van der Waals surface area (Å²) in [6.45, 7) is 15.0. The van der Waals surface area contributed by atoms with Gasteiger partial charge in [0.15, 0.2) is 0 Å². The first kappa shape index (κ1) is 18.5. The van der Waals surface area contributed by atoms with Gasteiger partial charge in [-0.1, -0.05) is 58.0 Å². The number of likely N-dealkylation sites (tertiary alicyclic amines) is 1. The smallest absolute Gasteiger partial charge is 0.104 e. The van der Waals surface area contributed by atoms with Crippen molar-refractivity contribution in [3.63, 3.8) is 0 Å². The van der Waals surface area contributed by atoms with Crippen LogP contribution in [0.5, 0.6) is 0 Å². The molecular formula is C22H38N+. The Morgan fingerprint density at radius 3 is 2.13 bits per heavy atom. The summed E-state index contributed by atoms with van der Waals surface area (Å²) >= 11 is 0. The maximum Gasteiger partial charge on any atom is 0.104 e. The fourth-order valence-corrected chi connectivity index (χ4v) is 4.43. The first-order chi connectivity index (χ1) is 10.9. The van der Waals surface area contributed by atoms with Gasteiger partial charge in [-0.15, -0.1) is 0 Å². The van der Waals surface area contributed by atoms with Gasteiger partial charge in [0.1, 0.15) is 6.54 Å². The molecular weight excluding hydrogens is 278 g/mol. The average molecular weight is 317 g/mol. The summed E-state index contributed by atoms with van der Waals surface area (Å²) in [4.78, 5) is 0. The van der Waals surface area contributed by atoms with Crippen LogP contribution in [0, 0.1) is 11.3 Å². The number of hydrogen-bond donors (Lipinski definition) is 0. The van der Waals surface area contributed by atoms with Crippen molar-refractivity contribution in [2.45, 2.75) is 72.8 Å². The molecule has 1 heterocycles. The molecule has 0 aromatic heterocycles. The molecule has 1 aromatic carbocycles. The van der Waals surface area contributed by atoms with Crippen LogP contribution in [0.4, 0.5) is 0 Å². The quantitative estimate of drug-likeness (QED) is 0.561. The van der Waals surface area contributed by atoms with E-state index in [-0.39, 0.29) is 0 Å². The summed E-state index contributed by atoms with van der Waals surface area (Å²) in [6, 6.07) is 11.2. The minimum Gasteiger partial charge on any atom is -0.320 e. The highest BCUT2D eigenvalue weighted by atomic mass is 15.3. The van der Waals surface area contributed by atoms with E-state index < -0.39 is 0 Å². The highest BCUT2D eigenvalue weighted by Gasteiger charge is 2.29. The molecule has 0 saturated carbocycles. The van der Waals surface area contributed by atoms with Crippen LogP contribution < -0.4 is 0 Å². The minimum absolute atomic E-state index is 0.461. The molecule has 1 saturated heterocycles. The van der Waals surface area contributed by atoms with Crippen molar-refractivity contribution in [1.82, 2.24) is 0 Å². The van der Waals surface area contributed by atoms with Crippen LogP contribution in [-0.2, 0) is 6.54 Å². The molecule has 0 N–H and O–H groups in total. The third-order valence-corrected chi connectivity index (χ3v) is 5.43. The normalized spacial score (nSPS) is 20.0. The van der Waals surface area contributed by atoms with Gasteiger partial charge in [0.2, 0.25) is 0 Å². The Morgan fingerprint density at radius 2 is 1.57 bits per heavy atom. The van der Waals surface area contributed by atoms with Crippen molar-refractivity contribution in [2.24, 2.45) is 11.3 Å². The van der Waals surface area contributed by atoms with Gasteiger partial charge in [-0.3, -0.25) is 0 Å². The van der Waals surface area contributed by atoms with Gasteiger partial charge in [-0.25, -0.2) is 0 Å². The highest BCUT2D eigenvalue weighted by molar-refractivity contribution is 5.13. The molecule has 1 fully saturated rings. The zero-order valence-electron chi connectivity index (χ0n) is 16.0. The SMILES string of the molecule is CC(CC[N+]1(Cc2ccccc2)CCCCCC1)CC(C)(C)C. The van der Waals surface area contributed by atoms with Crippen LogP contribution in [0.25, 0.3) is 0 Å². The Bertz CT molecular complexity index is 435. The van der Waals surface area contributed by atoms with Crippen molar-refractivity contribution < 1.29 is 4.48 Å². The van der Waals surface area contributed by atoms with Crippen molar-refractivity contribution >= 4 is 0 Å². The molecule has 1 aliphatic heterocycles. The number of benzene rings is 1. The van der Waals surface area contributed by atoms with E-state index in [2.05, 4.69) is 58.0 Å². The largest absolute Gasteiger partial charge is 0.320 e. The van der Waals surface area contributed by atoms with Crippen molar-refractivity contribution in [3.05, 3.63) is 35.9 Å². The molecule has 1 heteroatoms. The van der Waals surface area contributed by atoms with Gasteiger partial charge >= 0.3 is 0 Å². The summed E-state index contributed by atoms with van der Waals surface area (Å²) in [5.41, 5.74) is 1.99. The van der Waals surface area contributed by atoms with E-state index in [1.54, 1.807) is 0 Å². The zero-order valence-corrected chi connectivity index (χ0v) is 16.0. The van der Waals surface area contributed by atoms with E-state index in [0.717, 1.165) is 5.92 Å². The Hall–Kier alpha value is -0.820. The van der Waals surface area contributed by atoms with Crippen molar-refractivity contribution in [3.8, 4) is 0 Å². The standard InChI is InChI=1S/C22H38N/c1-20(18-22(2,3)4)14-17-23(15-10-5-6-11-16-23)19-21-12-8-7-9-13-21/h7-9,12-13,20H,5-6,10-11,14-19H2,1-4H3/q+1. The topological polar surface area (TPSA) is 0 Å². The molecule has 1 aliphatic rings. The Kier molecular flexibility index (Phi) is 6.71. The van der Waals surface area contributed by atoms with E-state index in [1.165, 1.54) is 74.8 Å². The van der Waals surface area contributed by atoms with Gasteiger partial charge in [0.25, 0.3) is 0 Å². The first-order valence-electron chi connectivity index (χ1n) is 9.78. The molecule has 1 unspecified atom stereocenters. The summed E-state index contributed by atoms with van der Waals surface area (Å²) in [5, 5.41) is 0. The average Bonchev–Trinajstić information content (AvgIpc) is 2.71. The van der Waals surface area contributed by atoms with E-state index in [9.17, 15) is 0 Å². The Labute approximate surface area is 144 Å². The lowest BCUT2D eigenvalue weighted by molar-refractivity contribution is -0.940. The van der Waals surface area contributed by atoms with Crippen LogP contribution in [0.1, 0.15) is 71.8 Å². The van der Waals surface area contributed by atoms with E-state index in [4.69, 9.17) is 0 Å². The molecule has 23 heavy (non-hydrogen) atoms. The van der Waals surface area contributed by atoms with Crippen LogP contribution in [0.2, 0.25) is 0 Å². The highest BCUT2D eigenvalue weighted by Crippen LogP contribution is 2.29. The minimum atomic E-state index is 0.461.